The van der Waals surface area contributed by atoms with Gasteiger partial charge in [0.1, 0.15) is 33.4 Å². The number of nitrogens with two attached hydrogens (primary N) is 1. The van der Waals surface area contributed by atoms with Crippen molar-refractivity contribution in [3.8, 4) is 5.75 Å². The predicted octanol–water partition coefficient (Wildman–Crippen LogP) is 4.16. The number of aliphatic imine (C=N–C) groups is 1. The van der Waals surface area contributed by atoms with E-state index in [0.29, 0.717) is 24.1 Å². The predicted molar refractivity (Wildman–Crippen MR) is 127 cm³/mol. The van der Waals surface area contributed by atoms with Gasteiger partial charge >= 0.3 is 6.61 Å². The van der Waals surface area contributed by atoms with Gasteiger partial charge in [-0.1, -0.05) is 6.07 Å². The molecule has 7 nitrogen and oxygen atoms in total. The Morgan fingerprint density at radius 3 is 2.66 bits per heavy atom. The first-order chi connectivity index (χ1) is 16.3. The van der Waals surface area contributed by atoms with E-state index in [1.165, 1.54) is 18.2 Å². The highest BCUT2D eigenvalue weighted by molar-refractivity contribution is 7.96. The number of aryl methyl sites for hydroxylation is 1. The van der Waals surface area contributed by atoms with Crippen LogP contribution in [0.3, 0.4) is 0 Å². The van der Waals surface area contributed by atoms with Gasteiger partial charge in [0.15, 0.2) is 5.78 Å². The maximum absolute atomic E-state index is 15.2. The fourth-order valence-electron chi connectivity index (χ4n) is 4.85. The van der Waals surface area contributed by atoms with E-state index in [1.54, 1.807) is 33.8 Å². The molecule has 0 saturated carbocycles. The average molecular weight is 509 g/mol. The van der Waals surface area contributed by atoms with Crippen molar-refractivity contribution in [3.05, 3.63) is 58.7 Å². The molecule has 0 saturated heterocycles. The maximum Gasteiger partial charge on any atom is 0.387 e. The first kappa shape index (κ1) is 25.2. The fraction of sp³-hybridized carbons (Fsp3) is 0.458. The summed E-state index contributed by atoms with van der Waals surface area (Å²) in [6, 6.07) is 5.59. The molecule has 0 radical (unpaired) electrons. The van der Waals surface area contributed by atoms with Crippen LogP contribution < -0.4 is 10.5 Å². The quantitative estimate of drug-likeness (QED) is 0.590. The number of nitrogens with zero attached hydrogens (tertiary/aromatic N) is 3. The summed E-state index contributed by atoms with van der Waals surface area (Å²) in [5.74, 6) is -0.913. The molecule has 0 bridgehead atoms. The van der Waals surface area contributed by atoms with Crippen LogP contribution in [0, 0.1) is 12.7 Å². The Kier molecular flexibility index (Phi) is 6.19. The van der Waals surface area contributed by atoms with E-state index < -0.39 is 37.7 Å². The third kappa shape index (κ3) is 4.09. The van der Waals surface area contributed by atoms with E-state index in [4.69, 9.17) is 5.73 Å². The van der Waals surface area contributed by atoms with Gasteiger partial charge in [0, 0.05) is 18.5 Å². The molecular weight excluding hydrogens is 481 g/mol. The largest absolute Gasteiger partial charge is 0.433 e. The number of carbonyl (C=O) groups is 1. The van der Waals surface area contributed by atoms with Crippen LogP contribution in [0.1, 0.15) is 54.4 Å². The van der Waals surface area contributed by atoms with Crippen LogP contribution in [0.4, 0.5) is 13.2 Å². The number of ether oxygens (including phenoxy) is 1. The average Bonchev–Trinajstić information content (AvgIpc) is 3.18. The Labute approximate surface area is 202 Å². The van der Waals surface area contributed by atoms with Gasteiger partial charge in [0.05, 0.1) is 21.2 Å². The summed E-state index contributed by atoms with van der Waals surface area (Å²) in [6.07, 6.45) is 1.43. The third-order valence-electron chi connectivity index (χ3n) is 6.87. The first-order valence-corrected chi connectivity index (χ1v) is 12.7. The first-order valence-electron chi connectivity index (χ1n) is 11.1. The van der Waals surface area contributed by atoms with Crippen LogP contribution in [0.2, 0.25) is 0 Å². The highest BCUT2D eigenvalue weighted by atomic mass is 32.2. The molecule has 1 aromatic heterocycles. The van der Waals surface area contributed by atoms with Crippen molar-refractivity contribution in [1.29, 1.82) is 0 Å². The number of fused-ring (bicyclic) bond motifs is 1. The molecule has 4 rings (SSSR count). The number of hydrogen-bond donors (Lipinski definition) is 1. The lowest BCUT2D eigenvalue weighted by Gasteiger charge is -2.44. The van der Waals surface area contributed by atoms with Crippen molar-refractivity contribution >= 4 is 21.3 Å². The summed E-state index contributed by atoms with van der Waals surface area (Å²) < 4.78 is 61.8. The Hall–Kier alpha value is -2.95. The summed E-state index contributed by atoms with van der Waals surface area (Å²) in [7, 11) is -2.83. The third-order valence-corrected chi connectivity index (χ3v) is 10.6. The number of rotatable bonds is 6. The molecule has 11 heteroatoms. The van der Waals surface area contributed by atoms with Gasteiger partial charge in [-0.2, -0.15) is 8.78 Å². The molecular formula is C24H27F3N4O3S. The zero-order valence-electron chi connectivity index (χ0n) is 19.8. The molecule has 2 aliphatic heterocycles. The standard InChI is InChI=1S/C24H27F3N4O3S/c1-13-9-15(34-22(26)27)12-29-20(13)18(32)11-14-5-6-17(25)16(10-14)24(4)19-7-8-30-35(19,33)23(2,3)21(28)31-24/h5-6,9-10,12,19,22H,7-8,11H2,1-4H3,(H2,28,31)/t19-,24+,35+/m0/s1. The van der Waals surface area contributed by atoms with Gasteiger partial charge in [0.25, 0.3) is 0 Å². The van der Waals surface area contributed by atoms with E-state index in [0.717, 1.165) is 6.20 Å². The summed E-state index contributed by atoms with van der Waals surface area (Å²) >= 11 is 0. The SMILES string of the molecule is Cc1cc(OC(F)F)cnc1C(=O)Cc1ccc(F)c([C@@]2(C)N=C(N)C(C)(C)[S@@]3(=O)=NCC[C@@H]23)c1. The molecule has 2 aromatic rings. The highest BCUT2D eigenvalue weighted by Crippen LogP contribution is 2.47. The van der Waals surface area contributed by atoms with Gasteiger partial charge in [-0.3, -0.25) is 9.79 Å². The van der Waals surface area contributed by atoms with Crippen LogP contribution in [-0.4, -0.2) is 44.0 Å². The number of halogens is 3. The molecule has 35 heavy (non-hydrogen) atoms. The molecule has 3 heterocycles. The van der Waals surface area contributed by atoms with Crippen molar-refractivity contribution in [1.82, 2.24) is 4.98 Å². The summed E-state index contributed by atoms with van der Waals surface area (Å²) in [4.78, 5) is 21.6. The molecule has 1 aromatic carbocycles. The van der Waals surface area contributed by atoms with Gasteiger partial charge in [-0.15, -0.1) is 0 Å². The minimum atomic E-state index is -3.00. The van der Waals surface area contributed by atoms with Gasteiger partial charge in [-0.05, 0) is 63.4 Å². The number of benzene rings is 1. The normalized spacial score (nSPS) is 27.2. The van der Waals surface area contributed by atoms with Crippen LogP contribution in [0.25, 0.3) is 0 Å². The molecule has 0 fully saturated rings. The molecule has 0 unspecified atom stereocenters. The van der Waals surface area contributed by atoms with E-state index in [9.17, 15) is 17.8 Å². The second-order valence-corrected chi connectivity index (χ2v) is 12.5. The Morgan fingerprint density at radius 1 is 1.29 bits per heavy atom. The number of hydrogen-bond acceptors (Lipinski definition) is 7. The smallest absolute Gasteiger partial charge is 0.387 e. The van der Waals surface area contributed by atoms with Crippen molar-refractivity contribution in [2.75, 3.05) is 6.54 Å². The van der Waals surface area contributed by atoms with E-state index in [2.05, 4.69) is 19.1 Å². The van der Waals surface area contributed by atoms with E-state index in [-0.39, 0.29) is 35.0 Å². The molecule has 3 atom stereocenters. The van der Waals surface area contributed by atoms with E-state index >= 15 is 4.39 Å². The molecule has 2 aliphatic rings. The lowest BCUT2D eigenvalue weighted by atomic mass is 9.84. The number of pyridine rings is 1. The number of aromatic nitrogens is 1. The highest BCUT2D eigenvalue weighted by Gasteiger charge is 2.56. The number of Topliss-reactive ketones (excluding diaryl/α,β-unsaturated/α-hetero) is 1. The Bertz CT molecular complexity index is 1350. The van der Waals surface area contributed by atoms with Crippen LogP contribution in [0.15, 0.2) is 39.8 Å². The lowest BCUT2D eigenvalue weighted by Crippen LogP contribution is -2.58. The molecule has 0 amide bonds. The lowest BCUT2D eigenvalue weighted by molar-refractivity contribution is -0.0501. The molecule has 188 valence electrons. The van der Waals surface area contributed by atoms with Crippen molar-refractivity contribution in [2.24, 2.45) is 15.1 Å². The van der Waals surface area contributed by atoms with Gasteiger partial charge in [0.2, 0.25) is 0 Å². The van der Waals surface area contributed by atoms with Crippen molar-refractivity contribution in [3.63, 3.8) is 0 Å². The number of amidine groups is 1. The minimum absolute atomic E-state index is 0.1000. The summed E-state index contributed by atoms with van der Waals surface area (Å²) in [6.45, 7) is 4.14. The minimum Gasteiger partial charge on any atom is -0.433 e. The molecule has 0 spiro atoms. The Balaban J connectivity index is 1.69. The van der Waals surface area contributed by atoms with Crippen LogP contribution in [-0.2, 0) is 21.7 Å². The molecule has 2 N–H and O–H groups in total. The van der Waals surface area contributed by atoms with Crippen LogP contribution >= 0.6 is 0 Å². The second-order valence-electron chi connectivity index (χ2n) is 9.48. The second kappa shape index (κ2) is 8.61. The zero-order valence-corrected chi connectivity index (χ0v) is 20.7. The monoisotopic (exact) mass is 508 g/mol. The van der Waals surface area contributed by atoms with E-state index in [1.807, 2.05) is 0 Å². The zero-order chi connectivity index (χ0) is 25.8. The van der Waals surface area contributed by atoms with Crippen molar-refractivity contribution in [2.45, 2.75) is 62.7 Å². The Morgan fingerprint density at radius 2 is 2.00 bits per heavy atom. The summed E-state index contributed by atoms with van der Waals surface area (Å²) in [5.41, 5.74) is 6.19. The van der Waals surface area contributed by atoms with Gasteiger partial charge < -0.3 is 10.5 Å². The number of ketones is 1. The van der Waals surface area contributed by atoms with Crippen LogP contribution in [0.5, 0.6) is 5.75 Å². The maximum atomic E-state index is 15.2. The number of carbonyl (C=O) groups excluding carboxylic acids is 1. The summed E-state index contributed by atoms with van der Waals surface area (Å²) in [5, 5.41) is -0.538. The molecule has 0 aliphatic carbocycles. The number of alkyl halides is 2. The van der Waals surface area contributed by atoms with Gasteiger partial charge in [-0.25, -0.2) is 17.9 Å². The fourth-order valence-corrected chi connectivity index (χ4v) is 8.01. The topological polar surface area (TPSA) is 107 Å². The van der Waals surface area contributed by atoms with Crippen molar-refractivity contribution < 1.29 is 26.9 Å².